The van der Waals surface area contributed by atoms with Crippen LogP contribution in [-0.4, -0.2) is 53.8 Å². The van der Waals surface area contributed by atoms with E-state index in [-0.39, 0.29) is 12.3 Å². The van der Waals surface area contributed by atoms with Gasteiger partial charge in [-0.1, -0.05) is 6.07 Å². The predicted octanol–water partition coefficient (Wildman–Crippen LogP) is 3.07. The third kappa shape index (κ3) is 4.14. The predicted molar refractivity (Wildman–Crippen MR) is 129 cm³/mol. The topological polar surface area (TPSA) is 150 Å². The Kier molecular flexibility index (Phi) is 5.78. The summed E-state index contributed by atoms with van der Waals surface area (Å²) in [6, 6.07) is 15.2. The number of imidazole rings is 1. The molecule has 0 spiro atoms. The molecule has 3 N–H and O–H groups in total. The third-order valence-electron chi connectivity index (χ3n) is 5.55. The smallest absolute Gasteiger partial charge is 0.233 e. The number of aryl methyl sites for hydroxylation is 1. The van der Waals surface area contributed by atoms with E-state index in [2.05, 4.69) is 36.8 Å². The maximum atomic E-state index is 9.54. The Morgan fingerprint density at radius 1 is 1.17 bits per heavy atom. The lowest BCUT2D eigenvalue weighted by Crippen LogP contribution is -2.03. The molecular formula is C24H21N9O2. The highest BCUT2D eigenvalue weighted by Gasteiger charge is 2.19. The molecule has 1 aromatic carbocycles. The monoisotopic (exact) mass is 467 g/mol. The van der Waals surface area contributed by atoms with E-state index in [0.717, 1.165) is 28.0 Å². The first-order valence-corrected chi connectivity index (χ1v) is 10.8. The van der Waals surface area contributed by atoms with E-state index in [1.165, 1.54) is 7.11 Å². The van der Waals surface area contributed by atoms with Crippen LogP contribution in [0.2, 0.25) is 0 Å². The van der Waals surface area contributed by atoms with Gasteiger partial charge in [-0.05, 0) is 49.2 Å². The van der Waals surface area contributed by atoms with E-state index in [0.29, 0.717) is 35.2 Å². The van der Waals surface area contributed by atoms with Crippen molar-refractivity contribution in [2.75, 3.05) is 19.0 Å². The van der Waals surface area contributed by atoms with Gasteiger partial charge in [0.2, 0.25) is 5.88 Å². The number of nitriles is 1. The van der Waals surface area contributed by atoms with Gasteiger partial charge in [-0.3, -0.25) is 9.67 Å². The van der Waals surface area contributed by atoms with Gasteiger partial charge in [0.05, 0.1) is 29.4 Å². The number of methoxy groups -OCH3 is 1. The highest BCUT2D eigenvalue weighted by Crippen LogP contribution is 2.30. The van der Waals surface area contributed by atoms with Crippen LogP contribution in [0.15, 0.2) is 48.8 Å². The maximum Gasteiger partial charge on any atom is 0.233 e. The van der Waals surface area contributed by atoms with Gasteiger partial charge in [0.15, 0.2) is 11.5 Å². The van der Waals surface area contributed by atoms with Crippen LogP contribution in [0.4, 0.5) is 11.5 Å². The van der Waals surface area contributed by atoms with Gasteiger partial charge >= 0.3 is 0 Å². The van der Waals surface area contributed by atoms with Crippen LogP contribution < -0.4 is 10.1 Å². The molecule has 4 aromatic heterocycles. The lowest BCUT2D eigenvalue weighted by atomic mass is 10.0. The molecular weight excluding hydrogens is 446 g/mol. The summed E-state index contributed by atoms with van der Waals surface area (Å²) in [6.45, 7) is 1.81. The van der Waals surface area contributed by atoms with Gasteiger partial charge in [-0.2, -0.15) is 10.4 Å². The van der Waals surface area contributed by atoms with E-state index in [9.17, 15) is 10.4 Å². The minimum Gasteiger partial charge on any atom is -0.480 e. The van der Waals surface area contributed by atoms with E-state index in [1.807, 2.05) is 41.8 Å². The van der Waals surface area contributed by atoms with E-state index in [1.54, 1.807) is 18.5 Å². The van der Waals surface area contributed by atoms with Gasteiger partial charge in [-0.25, -0.2) is 9.97 Å². The van der Waals surface area contributed by atoms with Gasteiger partial charge in [-0.15, -0.1) is 10.2 Å². The van der Waals surface area contributed by atoms with Crippen molar-refractivity contribution in [3.05, 3.63) is 65.7 Å². The molecule has 0 atom stereocenters. The zero-order valence-corrected chi connectivity index (χ0v) is 19.0. The third-order valence-corrected chi connectivity index (χ3v) is 5.55. The second-order valence-corrected chi connectivity index (χ2v) is 7.74. The van der Waals surface area contributed by atoms with Crippen molar-refractivity contribution in [2.45, 2.75) is 13.3 Å². The Labute approximate surface area is 200 Å². The molecule has 0 amide bonds. The fraction of sp³-hybridized carbons (Fsp3) is 0.167. The molecule has 5 aromatic rings. The maximum absolute atomic E-state index is 9.54. The molecule has 11 heteroatoms. The Hall–Kier alpha value is -4.82. The van der Waals surface area contributed by atoms with E-state index in [4.69, 9.17) is 9.72 Å². The van der Waals surface area contributed by atoms with Crippen LogP contribution in [0.3, 0.4) is 0 Å². The molecule has 0 bridgehead atoms. The number of anilines is 2. The number of benzene rings is 1. The van der Waals surface area contributed by atoms with Gasteiger partial charge < -0.3 is 15.2 Å². The molecule has 0 unspecified atom stereocenters. The highest BCUT2D eigenvalue weighted by atomic mass is 16.5. The van der Waals surface area contributed by atoms with Crippen molar-refractivity contribution >= 4 is 22.5 Å². The van der Waals surface area contributed by atoms with Crippen molar-refractivity contribution < 1.29 is 9.84 Å². The molecule has 0 aliphatic heterocycles. The summed E-state index contributed by atoms with van der Waals surface area (Å²) in [6.07, 6.45) is 2.11. The van der Waals surface area contributed by atoms with Crippen LogP contribution in [0.1, 0.15) is 17.0 Å². The van der Waals surface area contributed by atoms with E-state index < -0.39 is 0 Å². The molecule has 5 rings (SSSR count). The lowest BCUT2D eigenvalue weighted by molar-refractivity contribution is 0.299. The van der Waals surface area contributed by atoms with Crippen LogP contribution in [0.25, 0.3) is 28.1 Å². The lowest BCUT2D eigenvalue weighted by Gasteiger charge is -2.12. The Morgan fingerprint density at radius 3 is 2.80 bits per heavy atom. The summed E-state index contributed by atoms with van der Waals surface area (Å²) in [4.78, 5) is 9.40. The molecule has 11 nitrogen and oxygen atoms in total. The molecule has 0 radical (unpaired) electrons. The van der Waals surface area contributed by atoms with Gasteiger partial charge in [0, 0.05) is 24.1 Å². The number of H-pyrrole nitrogens is 1. The standard InChI is InChI=1S/C24H21N9O2/c1-14-23(18(12-25)30-29-14)24-15(9-10-34)3-7-21(28-24)33-13-26-17-11-16(4-5-19(17)33)27-20-6-8-22(35-2)32-31-20/h3-8,11,13,34H,9-10H2,1-2H3,(H,27,31)(H,29,30). The Morgan fingerprint density at radius 2 is 2.06 bits per heavy atom. The molecule has 0 fully saturated rings. The van der Waals surface area contributed by atoms with Crippen LogP contribution in [0, 0.1) is 18.3 Å². The molecule has 0 saturated heterocycles. The molecule has 0 aliphatic rings. The number of fused-ring (bicyclic) bond motifs is 1. The number of nitrogens with one attached hydrogen (secondary N) is 2. The summed E-state index contributed by atoms with van der Waals surface area (Å²) in [7, 11) is 1.54. The van der Waals surface area contributed by atoms with Crippen LogP contribution >= 0.6 is 0 Å². The summed E-state index contributed by atoms with van der Waals surface area (Å²) in [5, 5.41) is 37.2. The number of aromatic amines is 1. The molecule has 0 saturated carbocycles. The summed E-state index contributed by atoms with van der Waals surface area (Å²) in [5.41, 5.74) is 5.49. The van der Waals surface area contributed by atoms with Crippen molar-refractivity contribution in [1.29, 1.82) is 5.26 Å². The molecule has 4 heterocycles. The van der Waals surface area contributed by atoms with Crippen LogP contribution in [-0.2, 0) is 6.42 Å². The van der Waals surface area contributed by atoms with Crippen molar-refractivity contribution in [3.63, 3.8) is 0 Å². The second-order valence-electron chi connectivity index (χ2n) is 7.74. The minimum absolute atomic E-state index is 0.0326. The van der Waals surface area contributed by atoms with Crippen molar-refractivity contribution in [1.82, 2.24) is 34.9 Å². The number of aliphatic hydroxyl groups excluding tert-OH is 1. The van der Waals surface area contributed by atoms with E-state index >= 15 is 0 Å². The quantitative estimate of drug-likeness (QED) is 0.328. The summed E-state index contributed by atoms with van der Waals surface area (Å²) in [5.74, 6) is 1.66. The van der Waals surface area contributed by atoms with Crippen molar-refractivity contribution in [3.8, 4) is 29.0 Å². The number of hydrogen-bond donors (Lipinski definition) is 3. The second kappa shape index (κ2) is 9.20. The first-order valence-electron chi connectivity index (χ1n) is 10.8. The molecule has 0 aliphatic carbocycles. The van der Waals surface area contributed by atoms with Crippen molar-refractivity contribution in [2.24, 2.45) is 0 Å². The number of pyridine rings is 1. The summed E-state index contributed by atoms with van der Waals surface area (Å²) >= 11 is 0. The number of nitrogens with zero attached hydrogens (tertiary/aromatic N) is 7. The number of aromatic nitrogens is 7. The summed E-state index contributed by atoms with van der Waals surface area (Å²) < 4.78 is 6.92. The fourth-order valence-electron chi connectivity index (χ4n) is 3.87. The Balaban J connectivity index is 1.52. The number of rotatable bonds is 7. The average molecular weight is 467 g/mol. The average Bonchev–Trinajstić information content (AvgIpc) is 3.48. The Bertz CT molecular complexity index is 1550. The number of hydrogen-bond acceptors (Lipinski definition) is 9. The number of aliphatic hydroxyl groups is 1. The highest BCUT2D eigenvalue weighted by molar-refractivity contribution is 5.82. The molecule has 35 heavy (non-hydrogen) atoms. The van der Waals surface area contributed by atoms with Gasteiger partial charge in [0.25, 0.3) is 0 Å². The van der Waals surface area contributed by atoms with Crippen LogP contribution in [0.5, 0.6) is 5.88 Å². The number of ether oxygens (including phenoxy) is 1. The normalized spacial score (nSPS) is 10.9. The first kappa shape index (κ1) is 22.0. The SMILES string of the molecule is COc1ccc(Nc2ccc3c(c2)ncn3-c2ccc(CCO)c(-c3c(C#N)n[nH]c3C)n2)nn1. The van der Waals surface area contributed by atoms with Gasteiger partial charge in [0.1, 0.15) is 18.2 Å². The largest absolute Gasteiger partial charge is 0.480 e. The minimum atomic E-state index is -0.0326. The zero-order chi connectivity index (χ0) is 24.4. The molecule has 174 valence electrons. The fourth-order valence-corrected chi connectivity index (χ4v) is 3.87. The first-order chi connectivity index (χ1) is 17.1. The zero-order valence-electron chi connectivity index (χ0n) is 19.0.